The third-order valence-electron chi connectivity index (χ3n) is 2.56. The van der Waals surface area contributed by atoms with E-state index >= 15 is 0 Å². The lowest BCUT2D eigenvalue weighted by Crippen LogP contribution is -2.35. The van der Waals surface area contributed by atoms with E-state index < -0.39 is 17.6 Å². The van der Waals surface area contributed by atoms with Crippen LogP contribution in [0.15, 0.2) is 12.1 Å². The van der Waals surface area contributed by atoms with Crippen LogP contribution in [-0.2, 0) is 11.0 Å². The molecule has 1 amide bonds. The molecule has 2 N–H and O–H groups in total. The second-order valence-corrected chi connectivity index (χ2v) is 4.66. The highest BCUT2D eigenvalue weighted by Crippen LogP contribution is 2.32. The highest BCUT2D eigenvalue weighted by molar-refractivity contribution is 6.29. The predicted octanol–water partition coefficient (Wildman–Crippen LogP) is 2.85. The molecule has 0 unspecified atom stereocenters. The highest BCUT2D eigenvalue weighted by atomic mass is 35.5. The summed E-state index contributed by atoms with van der Waals surface area (Å²) < 4.78 is 38.2. The number of pyridine rings is 1. The summed E-state index contributed by atoms with van der Waals surface area (Å²) in [7, 11) is 0. The standard InChI is InChI=1S/C12H15ClF3N3O/c1-2-3-4-19(7-10(17)20)11-6-8(12(14,15)16)5-9(13)18-11/h5-6H,2-4,7H2,1H3,(H2,17,20). The molecule has 0 aromatic carbocycles. The molecule has 1 rings (SSSR count). The summed E-state index contributed by atoms with van der Waals surface area (Å²) in [5.74, 6) is -0.645. The second kappa shape index (κ2) is 6.78. The van der Waals surface area contributed by atoms with Gasteiger partial charge < -0.3 is 10.6 Å². The summed E-state index contributed by atoms with van der Waals surface area (Å²) in [6.07, 6.45) is -3.00. The van der Waals surface area contributed by atoms with Gasteiger partial charge in [0.2, 0.25) is 5.91 Å². The van der Waals surface area contributed by atoms with Gasteiger partial charge in [-0.2, -0.15) is 13.2 Å². The summed E-state index contributed by atoms with van der Waals surface area (Å²) in [4.78, 5) is 16.2. The number of halogens is 4. The van der Waals surface area contributed by atoms with E-state index in [0.717, 1.165) is 18.6 Å². The highest BCUT2D eigenvalue weighted by Gasteiger charge is 2.32. The Labute approximate surface area is 119 Å². The van der Waals surface area contributed by atoms with Gasteiger partial charge in [0.05, 0.1) is 12.1 Å². The van der Waals surface area contributed by atoms with Crippen molar-refractivity contribution in [1.82, 2.24) is 4.98 Å². The van der Waals surface area contributed by atoms with Gasteiger partial charge in [-0.25, -0.2) is 4.98 Å². The van der Waals surface area contributed by atoms with E-state index in [1.165, 1.54) is 4.90 Å². The van der Waals surface area contributed by atoms with Crippen LogP contribution in [-0.4, -0.2) is 24.0 Å². The van der Waals surface area contributed by atoms with Crippen molar-refractivity contribution < 1.29 is 18.0 Å². The van der Waals surface area contributed by atoms with Crippen LogP contribution in [0.1, 0.15) is 25.3 Å². The van der Waals surface area contributed by atoms with Gasteiger partial charge in [-0.15, -0.1) is 0 Å². The number of alkyl halides is 3. The van der Waals surface area contributed by atoms with Crippen LogP contribution in [0.25, 0.3) is 0 Å². The Morgan fingerprint density at radius 1 is 1.45 bits per heavy atom. The smallest absolute Gasteiger partial charge is 0.368 e. The maximum absolute atomic E-state index is 12.7. The number of rotatable bonds is 6. The van der Waals surface area contributed by atoms with Crippen molar-refractivity contribution in [3.05, 3.63) is 22.8 Å². The van der Waals surface area contributed by atoms with E-state index in [9.17, 15) is 18.0 Å². The van der Waals surface area contributed by atoms with Gasteiger partial charge in [-0.3, -0.25) is 4.79 Å². The van der Waals surface area contributed by atoms with Crippen molar-refractivity contribution in [2.24, 2.45) is 5.73 Å². The number of hydrogen-bond acceptors (Lipinski definition) is 3. The van der Waals surface area contributed by atoms with Crippen molar-refractivity contribution in [2.75, 3.05) is 18.0 Å². The number of amides is 1. The molecule has 112 valence electrons. The van der Waals surface area contributed by atoms with Gasteiger partial charge in [0, 0.05) is 6.54 Å². The fourth-order valence-corrected chi connectivity index (χ4v) is 1.82. The quantitative estimate of drug-likeness (QED) is 0.822. The van der Waals surface area contributed by atoms with Gasteiger partial charge in [-0.05, 0) is 18.6 Å². The molecule has 1 aromatic rings. The molecule has 0 bridgehead atoms. The Morgan fingerprint density at radius 3 is 2.60 bits per heavy atom. The first-order valence-corrected chi connectivity index (χ1v) is 6.40. The van der Waals surface area contributed by atoms with Gasteiger partial charge >= 0.3 is 6.18 Å². The van der Waals surface area contributed by atoms with Crippen molar-refractivity contribution >= 4 is 23.3 Å². The molecule has 20 heavy (non-hydrogen) atoms. The van der Waals surface area contributed by atoms with Crippen LogP contribution in [0.4, 0.5) is 19.0 Å². The molecule has 0 radical (unpaired) electrons. The van der Waals surface area contributed by atoms with Crippen LogP contribution in [0, 0.1) is 0 Å². The minimum Gasteiger partial charge on any atom is -0.368 e. The number of unbranched alkanes of at least 4 members (excludes halogenated alkanes) is 1. The summed E-state index contributed by atoms with van der Waals surface area (Å²) in [5, 5.41) is -0.277. The number of aromatic nitrogens is 1. The average molecular weight is 310 g/mol. The SMILES string of the molecule is CCCCN(CC(N)=O)c1cc(C(F)(F)F)cc(Cl)n1. The van der Waals surface area contributed by atoms with E-state index in [2.05, 4.69) is 4.98 Å². The lowest BCUT2D eigenvalue weighted by molar-refractivity contribution is -0.137. The van der Waals surface area contributed by atoms with Crippen LogP contribution in [0.3, 0.4) is 0 Å². The molecule has 1 heterocycles. The largest absolute Gasteiger partial charge is 0.416 e. The lowest BCUT2D eigenvalue weighted by Gasteiger charge is -2.23. The molecule has 4 nitrogen and oxygen atoms in total. The van der Waals surface area contributed by atoms with Crippen molar-refractivity contribution in [1.29, 1.82) is 0 Å². The minimum atomic E-state index is -4.52. The lowest BCUT2D eigenvalue weighted by atomic mass is 10.2. The maximum Gasteiger partial charge on any atom is 0.416 e. The summed E-state index contributed by atoms with van der Waals surface area (Å²) in [5.41, 5.74) is 4.20. The Morgan fingerprint density at radius 2 is 2.10 bits per heavy atom. The third-order valence-corrected chi connectivity index (χ3v) is 2.75. The zero-order valence-electron chi connectivity index (χ0n) is 10.9. The zero-order chi connectivity index (χ0) is 15.3. The van der Waals surface area contributed by atoms with Gasteiger partial charge in [-0.1, -0.05) is 24.9 Å². The molecule has 0 spiro atoms. The van der Waals surface area contributed by atoms with Crippen LogP contribution < -0.4 is 10.6 Å². The molecule has 0 fully saturated rings. The molecule has 0 aliphatic heterocycles. The first kappa shape index (κ1) is 16.6. The number of hydrogen-bond donors (Lipinski definition) is 1. The number of nitrogens with zero attached hydrogens (tertiary/aromatic N) is 2. The van der Waals surface area contributed by atoms with E-state index in [4.69, 9.17) is 17.3 Å². The normalized spacial score (nSPS) is 11.4. The van der Waals surface area contributed by atoms with Crippen molar-refractivity contribution in [2.45, 2.75) is 25.9 Å². The first-order valence-electron chi connectivity index (χ1n) is 6.02. The third kappa shape index (κ3) is 4.88. The van der Waals surface area contributed by atoms with Crippen LogP contribution >= 0.6 is 11.6 Å². The van der Waals surface area contributed by atoms with Crippen LogP contribution in [0.5, 0.6) is 0 Å². The molecule has 8 heteroatoms. The molecular weight excluding hydrogens is 295 g/mol. The number of nitrogens with two attached hydrogens (primary N) is 1. The van der Waals surface area contributed by atoms with Gasteiger partial charge in [0.15, 0.2) is 0 Å². The monoisotopic (exact) mass is 309 g/mol. The minimum absolute atomic E-state index is 0.00271. The average Bonchev–Trinajstić information content (AvgIpc) is 2.32. The summed E-state index contributed by atoms with van der Waals surface area (Å²) in [6, 6.07) is 1.61. The van der Waals surface area contributed by atoms with Gasteiger partial charge in [0.1, 0.15) is 11.0 Å². The Kier molecular flexibility index (Phi) is 5.62. The molecule has 0 aliphatic carbocycles. The predicted molar refractivity (Wildman–Crippen MR) is 70.6 cm³/mol. The summed E-state index contributed by atoms with van der Waals surface area (Å²) >= 11 is 5.62. The molecular formula is C12H15ClF3N3O. The van der Waals surface area contributed by atoms with Crippen molar-refractivity contribution in [3.63, 3.8) is 0 Å². The molecule has 0 saturated heterocycles. The van der Waals surface area contributed by atoms with E-state index in [0.29, 0.717) is 13.0 Å². The first-order chi connectivity index (χ1) is 9.24. The number of primary amides is 1. The maximum atomic E-state index is 12.7. The fraction of sp³-hybridized carbons (Fsp3) is 0.500. The van der Waals surface area contributed by atoms with E-state index in [-0.39, 0.29) is 17.5 Å². The van der Waals surface area contributed by atoms with Gasteiger partial charge in [0.25, 0.3) is 0 Å². The Hall–Kier alpha value is -1.50. The Bertz CT molecular complexity index is 480. The van der Waals surface area contributed by atoms with E-state index in [1.54, 1.807) is 0 Å². The second-order valence-electron chi connectivity index (χ2n) is 4.28. The molecule has 1 aromatic heterocycles. The fourth-order valence-electron chi connectivity index (χ4n) is 1.62. The summed E-state index contributed by atoms with van der Waals surface area (Å²) in [6.45, 7) is 2.10. The topological polar surface area (TPSA) is 59.2 Å². The molecule has 0 atom stereocenters. The Balaban J connectivity index is 3.11. The number of anilines is 1. The van der Waals surface area contributed by atoms with E-state index in [1.807, 2.05) is 6.92 Å². The molecule has 0 saturated carbocycles. The number of carbonyl (C=O) groups is 1. The van der Waals surface area contributed by atoms with Crippen molar-refractivity contribution in [3.8, 4) is 0 Å². The van der Waals surface area contributed by atoms with Crippen LogP contribution in [0.2, 0.25) is 5.15 Å². The number of carbonyl (C=O) groups excluding carboxylic acids is 1. The molecule has 0 aliphatic rings. The zero-order valence-corrected chi connectivity index (χ0v) is 11.6.